The minimum atomic E-state index is 0.0496. The number of rotatable bonds is 4. The molecule has 0 amide bonds. The molecule has 0 radical (unpaired) electrons. The molecule has 3 nitrogen and oxygen atoms in total. The van der Waals surface area contributed by atoms with E-state index in [1.165, 1.54) is 25.7 Å². The first kappa shape index (κ1) is 13.1. The number of aromatic nitrogens is 2. The van der Waals surface area contributed by atoms with Gasteiger partial charge in [-0.15, -0.1) is 0 Å². The second kappa shape index (κ2) is 5.98. The van der Waals surface area contributed by atoms with E-state index >= 15 is 0 Å². The quantitative estimate of drug-likeness (QED) is 0.850. The molecule has 1 aliphatic rings. The first-order chi connectivity index (χ1) is 8.22. The van der Waals surface area contributed by atoms with Crippen molar-refractivity contribution in [3.05, 3.63) is 25.4 Å². The molecule has 0 atom stereocenters. The van der Waals surface area contributed by atoms with Gasteiger partial charge in [0.2, 0.25) is 0 Å². The predicted molar refractivity (Wildman–Crippen MR) is 77.4 cm³/mol. The van der Waals surface area contributed by atoms with E-state index in [1.54, 1.807) is 0 Å². The van der Waals surface area contributed by atoms with Gasteiger partial charge in [0.05, 0.1) is 9.26 Å². The van der Waals surface area contributed by atoms with Gasteiger partial charge in [0.15, 0.2) is 0 Å². The first-order valence-corrected chi connectivity index (χ1v) is 7.58. The molecule has 0 spiro atoms. The highest BCUT2D eigenvalue weighted by Crippen LogP contribution is 2.34. The van der Waals surface area contributed by atoms with Crippen LogP contribution in [-0.2, 0) is 6.42 Å². The summed E-state index contributed by atoms with van der Waals surface area (Å²) in [7, 11) is 0. The number of aryl methyl sites for hydroxylation is 1. The number of halogens is 1. The third kappa shape index (κ3) is 3.09. The van der Waals surface area contributed by atoms with Crippen molar-refractivity contribution in [2.24, 2.45) is 0 Å². The van der Waals surface area contributed by atoms with Crippen molar-refractivity contribution in [2.45, 2.75) is 57.8 Å². The summed E-state index contributed by atoms with van der Waals surface area (Å²) in [6.45, 7) is 2.16. The van der Waals surface area contributed by atoms with Crippen molar-refractivity contribution in [3.63, 3.8) is 0 Å². The molecular weight excluding hydrogens is 327 g/mol. The molecule has 1 fully saturated rings. The Morgan fingerprint density at radius 3 is 2.76 bits per heavy atom. The van der Waals surface area contributed by atoms with E-state index in [2.05, 4.69) is 39.5 Å². The van der Waals surface area contributed by atoms with Gasteiger partial charge in [-0.2, -0.15) is 0 Å². The van der Waals surface area contributed by atoms with Gasteiger partial charge in [-0.05, 0) is 41.9 Å². The lowest BCUT2D eigenvalue weighted by molar-refractivity contribution is 0.663. The highest BCUT2D eigenvalue weighted by molar-refractivity contribution is 14.1. The van der Waals surface area contributed by atoms with Gasteiger partial charge in [-0.25, -0.2) is 4.98 Å². The predicted octanol–water partition coefficient (Wildman–Crippen LogP) is 3.37. The van der Waals surface area contributed by atoms with Crippen molar-refractivity contribution in [1.29, 1.82) is 0 Å². The lowest BCUT2D eigenvalue weighted by Gasteiger charge is -2.11. The third-order valence-corrected chi connectivity index (χ3v) is 4.49. The Balaban J connectivity index is 2.29. The monoisotopic (exact) mass is 346 g/mol. The van der Waals surface area contributed by atoms with Crippen LogP contribution in [0.5, 0.6) is 0 Å². The maximum Gasteiger partial charge on any atom is 0.264 e. The van der Waals surface area contributed by atoms with E-state index in [0.717, 1.165) is 34.4 Å². The van der Waals surface area contributed by atoms with Crippen molar-refractivity contribution in [2.75, 3.05) is 0 Å². The maximum absolute atomic E-state index is 11.9. The number of nitrogens with zero attached hydrogens (tertiary/aromatic N) is 1. The Kier molecular flexibility index (Phi) is 4.59. The summed E-state index contributed by atoms with van der Waals surface area (Å²) in [4.78, 5) is 19.5. The van der Waals surface area contributed by atoms with E-state index in [-0.39, 0.29) is 5.56 Å². The van der Waals surface area contributed by atoms with Gasteiger partial charge in [0.25, 0.3) is 5.56 Å². The largest absolute Gasteiger partial charge is 0.310 e. The molecule has 1 N–H and O–H groups in total. The third-order valence-electron chi connectivity index (χ3n) is 3.45. The molecule has 17 heavy (non-hydrogen) atoms. The summed E-state index contributed by atoms with van der Waals surface area (Å²) >= 11 is 2.14. The van der Waals surface area contributed by atoms with Gasteiger partial charge in [-0.1, -0.05) is 26.2 Å². The first-order valence-electron chi connectivity index (χ1n) is 6.51. The SMILES string of the molecule is CCCCc1nc(C2CCCC2)c(I)c(=O)[nH]1. The second-order valence-electron chi connectivity index (χ2n) is 4.80. The van der Waals surface area contributed by atoms with Crippen LogP contribution in [0.2, 0.25) is 0 Å². The molecule has 0 unspecified atom stereocenters. The molecule has 0 aliphatic heterocycles. The molecule has 1 heterocycles. The summed E-state index contributed by atoms with van der Waals surface area (Å²) < 4.78 is 0.801. The number of hydrogen-bond donors (Lipinski definition) is 1. The van der Waals surface area contributed by atoms with Crippen LogP contribution in [0.4, 0.5) is 0 Å². The fourth-order valence-electron chi connectivity index (χ4n) is 2.46. The summed E-state index contributed by atoms with van der Waals surface area (Å²) in [5.74, 6) is 1.39. The fourth-order valence-corrected chi connectivity index (χ4v) is 3.15. The van der Waals surface area contributed by atoms with Crippen LogP contribution in [0, 0.1) is 3.57 Å². The normalized spacial score (nSPS) is 16.6. The van der Waals surface area contributed by atoms with Crippen LogP contribution < -0.4 is 5.56 Å². The molecule has 0 bridgehead atoms. The van der Waals surface area contributed by atoms with Gasteiger partial charge < -0.3 is 4.98 Å². The summed E-state index contributed by atoms with van der Waals surface area (Å²) in [6, 6.07) is 0. The van der Waals surface area contributed by atoms with Gasteiger partial charge in [0, 0.05) is 12.3 Å². The standard InChI is InChI=1S/C13H19IN2O/c1-2-3-8-10-15-12(9-6-4-5-7-9)11(14)13(17)16-10/h9H,2-8H2,1H3,(H,15,16,17). The summed E-state index contributed by atoms with van der Waals surface area (Å²) in [6.07, 6.45) is 8.06. The Hall–Kier alpha value is -0.390. The molecule has 2 rings (SSSR count). The zero-order valence-corrected chi connectivity index (χ0v) is 12.4. The second-order valence-corrected chi connectivity index (χ2v) is 5.88. The zero-order valence-electron chi connectivity index (χ0n) is 10.3. The summed E-state index contributed by atoms with van der Waals surface area (Å²) in [5, 5.41) is 0. The van der Waals surface area contributed by atoms with E-state index < -0.39 is 0 Å². The molecule has 1 aromatic heterocycles. The lowest BCUT2D eigenvalue weighted by Crippen LogP contribution is -2.19. The van der Waals surface area contributed by atoms with Crippen LogP contribution >= 0.6 is 22.6 Å². The van der Waals surface area contributed by atoms with Gasteiger partial charge in [-0.3, -0.25) is 4.79 Å². The molecule has 0 aromatic carbocycles. The van der Waals surface area contributed by atoms with Crippen molar-refractivity contribution < 1.29 is 0 Å². The highest BCUT2D eigenvalue weighted by atomic mass is 127. The van der Waals surface area contributed by atoms with Crippen LogP contribution in [-0.4, -0.2) is 9.97 Å². The average molecular weight is 346 g/mol. The molecule has 1 aromatic rings. The van der Waals surface area contributed by atoms with Crippen molar-refractivity contribution in [3.8, 4) is 0 Å². The Labute approximate surface area is 116 Å². The number of nitrogens with one attached hydrogen (secondary N) is 1. The smallest absolute Gasteiger partial charge is 0.264 e. The number of unbranched alkanes of at least 4 members (excludes halogenated alkanes) is 1. The molecule has 1 saturated carbocycles. The Morgan fingerprint density at radius 2 is 2.12 bits per heavy atom. The minimum absolute atomic E-state index is 0.0496. The molecule has 0 saturated heterocycles. The molecule has 1 aliphatic carbocycles. The van der Waals surface area contributed by atoms with Crippen molar-refractivity contribution in [1.82, 2.24) is 9.97 Å². The van der Waals surface area contributed by atoms with E-state index in [0.29, 0.717) is 5.92 Å². The number of H-pyrrole nitrogens is 1. The van der Waals surface area contributed by atoms with Crippen LogP contribution in [0.25, 0.3) is 0 Å². The van der Waals surface area contributed by atoms with Crippen LogP contribution in [0.1, 0.15) is 62.9 Å². The van der Waals surface area contributed by atoms with Crippen LogP contribution in [0.3, 0.4) is 0 Å². The maximum atomic E-state index is 11.9. The Bertz CT molecular complexity index is 436. The minimum Gasteiger partial charge on any atom is -0.310 e. The lowest BCUT2D eigenvalue weighted by atomic mass is 10.0. The van der Waals surface area contributed by atoms with E-state index in [9.17, 15) is 4.79 Å². The molecule has 94 valence electrons. The number of hydrogen-bond acceptors (Lipinski definition) is 2. The van der Waals surface area contributed by atoms with Crippen molar-refractivity contribution >= 4 is 22.6 Å². The number of aromatic amines is 1. The topological polar surface area (TPSA) is 45.8 Å². The average Bonchev–Trinajstić information content (AvgIpc) is 2.84. The highest BCUT2D eigenvalue weighted by Gasteiger charge is 2.22. The summed E-state index contributed by atoms with van der Waals surface area (Å²) in [5.41, 5.74) is 1.10. The van der Waals surface area contributed by atoms with Crippen LogP contribution in [0.15, 0.2) is 4.79 Å². The fraction of sp³-hybridized carbons (Fsp3) is 0.692. The zero-order chi connectivity index (χ0) is 12.3. The van der Waals surface area contributed by atoms with E-state index in [1.807, 2.05) is 0 Å². The molecule has 4 heteroatoms. The van der Waals surface area contributed by atoms with E-state index in [4.69, 9.17) is 0 Å². The van der Waals surface area contributed by atoms with Gasteiger partial charge >= 0.3 is 0 Å². The molecular formula is C13H19IN2O. The van der Waals surface area contributed by atoms with Gasteiger partial charge in [0.1, 0.15) is 5.82 Å². The Morgan fingerprint density at radius 1 is 1.41 bits per heavy atom.